The molecular formula is C38H42BrN3O4. The quantitative estimate of drug-likeness (QED) is 0.0660. The van der Waals surface area contributed by atoms with Gasteiger partial charge in [0.2, 0.25) is 0 Å². The van der Waals surface area contributed by atoms with Crippen LogP contribution in [-0.4, -0.2) is 37.4 Å². The smallest absolute Gasteiger partial charge is 0.322 e. The molecule has 0 amide bonds. The lowest BCUT2D eigenvalue weighted by Crippen LogP contribution is -2.39. The molecular weight excluding hydrogens is 642 g/mol. The number of para-hydroxylation sites is 2. The topological polar surface area (TPSA) is 83.3 Å². The highest BCUT2D eigenvalue weighted by molar-refractivity contribution is 9.10. The Kier molecular flexibility index (Phi) is 10.6. The molecule has 0 saturated heterocycles. The summed E-state index contributed by atoms with van der Waals surface area (Å²) in [7, 11) is 0. The Morgan fingerprint density at radius 2 is 1.37 bits per heavy atom. The van der Waals surface area contributed by atoms with E-state index in [1.54, 1.807) is 33.2 Å². The number of esters is 2. The summed E-state index contributed by atoms with van der Waals surface area (Å²) in [5, 5.41) is 2.58. The number of benzene rings is 2. The maximum absolute atomic E-state index is 13.1. The molecule has 5 rings (SSSR count). The maximum Gasteiger partial charge on any atom is 0.322 e. The molecule has 5 aromatic rings. The predicted octanol–water partition coefficient (Wildman–Crippen LogP) is 8.98. The van der Waals surface area contributed by atoms with E-state index in [0.29, 0.717) is 6.61 Å². The van der Waals surface area contributed by atoms with Crippen LogP contribution in [0.25, 0.3) is 33.2 Å². The Balaban J connectivity index is 1.04. The van der Waals surface area contributed by atoms with Crippen LogP contribution in [0.1, 0.15) is 64.0 Å². The Hall–Kier alpha value is -4.04. The first-order chi connectivity index (χ1) is 22.0. The van der Waals surface area contributed by atoms with Crippen LogP contribution in [0.3, 0.4) is 0 Å². The molecule has 7 nitrogen and oxygen atoms in total. The second kappa shape index (κ2) is 14.6. The number of unbranched alkanes of at least 4 members (excludes halogenated alkanes) is 3. The third kappa shape index (κ3) is 8.02. The molecule has 0 aliphatic rings. The third-order valence-electron chi connectivity index (χ3n) is 8.31. The summed E-state index contributed by atoms with van der Waals surface area (Å²) < 4.78 is 12.7. The van der Waals surface area contributed by atoms with Crippen molar-refractivity contribution in [1.82, 2.24) is 14.5 Å². The van der Waals surface area contributed by atoms with Crippen LogP contribution in [0.4, 0.5) is 0 Å². The summed E-state index contributed by atoms with van der Waals surface area (Å²) >= 11 is 3.54. The van der Waals surface area contributed by atoms with Crippen molar-refractivity contribution in [3.8, 4) is 11.4 Å². The molecule has 0 saturated carbocycles. The minimum absolute atomic E-state index is 0.101. The van der Waals surface area contributed by atoms with Crippen LogP contribution in [0.2, 0.25) is 0 Å². The largest absolute Gasteiger partial charge is 0.465 e. The number of fused-ring (bicyclic) bond motifs is 3. The van der Waals surface area contributed by atoms with E-state index in [9.17, 15) is 9.59 Å². The molecule has 2 aromatic carbocycles. The lowest BCUT2D eigenvalue weighted by molar-refractivity contribution is -0.157. The molecule has 8 heteroatoms. The van der Waals surface area contributed by atoms with Crippen LogP contribution in [0.15, 0.2) is 85.2 Å². The van der Waals surface area contributed by atoms with Gasteiger partial charge in [0.05, 0.1) is 23.4 Å². The van der Waals surface area contributed by atoms with Crippen molar-refractivity contribution in [2.24, 2.45) is 5.41 Å². The molecule has 0 N–H and O–H groups in total. The summed E-state index contributed by atoms with van der Waals surface area (Å²) in [6.45, 7) is 8.72. The minimum atomic E-state index is -1.02. The fourth-order valence-corrected chi connectivity index (χ4v) is 6.80. The molecule has 0 spiro atoms. The van der Waals surface area contributed by atoms with Crippen molar-refractivity contribution in [2.45, 2.75) is 77.3 Å². The van der Waals surface area contributed by atoms with Crippen LogP contribution < -0.4 is 0 Å². The van der Waals surface area contributed by atoms with E-state index in [2.05, 4.69) is 79.0 Å². The summed E-state index contributed by atoms with van der Waals surface area (Å²) in [5.41, 5.74) is 5.00. The number of halogens is 1. The van der Waals surface area contributed by atoms with E-state index < -0.39 is 9.74 Å². The van der Waals surface area contributed by atoms with Gasteiger partial charge in [-0.2, -0.15) is 0 Å². The number of alkyl halides is 1. The number of nitrogens with zero attached hydrogens (tertiary/aromatic N) is 3. The van der Waals surface area contributed by atoms with E-state index in [0.717, 1.165) is 54.7 Å². The number of aryl methyl sites for hydroxylation is 2. The predicted molar refractivity (Wildman–Crippen MR) is 187 cm³/mol. The second-order valence-electron chi connectivity index (χ2n) is 12.8. The van der Waals surface area contributed by atoms with Gasteiger partial charge in [0.15, 0.2) is 0 Å². The van der Waals surface area contributed by atoms with Gasteiger partial charge < -0.3 is 14.0 Å². The lowest BCUT2D eigenvalue weighted by atomic mass is 9.83. The Morgan fingerprint density at radius 3 is 2.04 bits per heavy atom. The van der Waals surface area contributed by atoms with Crippen LogP contribution in [0, 0.1) is 12.3 Å². The molecule has 0 aliphatic carbocycles. The summed E-state index contributed by atoms with van der Waals surface area (Å²) in [5.74, 6) is -0.760. The first kappa shape index (κ1) is 33.3. The highest BCUT2D eigenvalue weighted by Gasteiger charge is 2.42. The molecule has 46 heavy (non-hydrogen) atoms. The van der Waals surface area contributed by atoms with Gasteiger partial charge in [-0.1, -0.05) is 58.7 Å². The second-order valence-corrected chi connectivity index (χ2v) is 14.6. The molecule has 1 unspecified atom stereocenters. The van der Waals surface area contributed by atoms with Gasteiger partial charge in [0.25, 0.3) is 0 Å². The number of carbonyl (C=O) groups is 2. The Morgan fingerprint density at radius 1 is 0.761 bits per heavy atom. The van der Waals surface area contributed by atoms with Crippen LogP contribution >= 0.6 is 15.9 Å². The zero-order valence-corrected chi connectivity index (χ0v) is 28.7. The van der Waals surface area contributed by atoms with Gasteiger partial charge in [-0.3, -0.25) is 19.6 Å². The number of hydrogen-bond donors (Lipinski definition) is 0. The van der Waals surface area contributed by atoms with Crippen molar-refractivity contribution in [3.05, 3.63) is 96.3 Å². The molecule has 3 aromatic heterocycles. The average Bonchev–Trinajstić information content (AvgIpc) is 3.36. The van der Waals surface area contributed by atoms with E-state index in [-0.39, 0.29) is 25.0 Å². The minimum Gasteiger partial charge on any atom is -0.465 e. The Labute approximate surface area is 279 Å². The van der Waals surface area contributed by atoms with Crippen molar-refractivity contribution in [1.29, 1.82) is 0 Å². The van der Waals surface area contributed by atoms with Gasteiger partial charge in [-0.25, -0.2) is 0 Å². The van der Waals surface area contributed by atoms with Crippen molar-refractivity contribution < 1.29 is 19.1 Å². The number of ether oxygens (including phenoxy) is 2. The highest BCUT2D eigenvalue weighted by Crippen LogP contribution is 2.36. The standard InChI is InChI=1S/C38H42BrN3O4/c1-27-17-19-40-31(23-27)32-24-28(18-20-41-32)25-46-35(43)37(2,3)26-38(4,39)36(44)45-22-12-6-5-11-21-42-33-15-9-7-13-29(33)30-14-8-10-16-34(30)42/h7-10,13-20,23-24H,5-6,11-12,21-22,25-26H2,1-4H3. The number of hydrogen-bond acceptors (Lipinski definition) is 6. The third-order valence-corrected chi connectivity index (χ3v) is 8.92. The molecule has 0 aliphatic heterocycles. The van der Waals surface area contributed by atoms with Gasteiger partial charge in [-0.15, -0.1) is 0 Å². The number of rotatable bonds is 14. The normalized spacial score (nSPS) is 13.1. The highest BCUT2D eigenvalue weighted by atomic mass is 79.9. The van der Waals surface area contributed by atoms with Gasteiger partial charge >= 0.3 is 11.9 Å². The van der Waals surface area contributed by atoms with Gasteiger partial charge in [-0.05, 0) is 101 Å². The monoisotopic (exact) mass is 683 g/mol. The summed E-state index contributed by atoms with van der Waals surface area (Å²) in [6.07, 6.45) is 7.52. The van der Waals surface area contributed by atoms with Crippen LogP contribution in [0.5, 0.6) is 0 Å². The first-order valence-electron chi connectivity index (χ1n) is 15.9. The summed E-state index contributed by atoms with van der Waals surface area (Å²) in [4.78, 5) is 34.9. The first-order valence-corrected chi connectivity index (χ1v) is 16.7. The van der Waals surface area contributed by atoms with Gasteiger partial charge in [0, 0.05) is 40.7 Å². The van der Waals surface area contributed by atoms with Gasteiger partial charge in [0.1, 0.15) is 10.9 Å². The molecule has 240 valence electrons. The zero-order chi connectivity index (χ0) is 32.7. The van der Waals surface area contributed by atoms with Crippen molar-refractivity contribution in [2.75, 3.05) is 6.61 Å². The molecule has 1 atom stereocenters. The molecule has 3 heterocycles. The van der Waals surface area contributed by atoms with Crippen molar-refractivity contribution >= 4 is 49.7 Å². The number of carbonyl (C=O) groups excluding carboxylic acids is 2. The molecule has 0 bridgehead atoms. The van der Waals surface area contributed by atoms with E-state index in [1.165, 1.54) is 21.8 Å². The molecule has 0 radical (unpaired) electrons. The Bertz CT molecular complexity index is 1770. The number of aromatic nitrogens is 3. The lowest BCUT2D eigenvalue weighted by Gasteiger charge is -2.30. The fourth-order valence-electron chi connectivity index (χ4n) is 5.98. The SMILES string of the molecule is Cc1ccnc(-c2cc(COC(=O)C(C)(C)CC(C)(Br)C(=O)OCCCCCCn3c4ccccc4c4ccccc43)ccn2)c1. The maximum atomic E-state index is 13.1. The van der Waals surface area contributed by atoms with Crippen molar-refractivity contribution in [3.63, 3.8) is 0 Å². The average molecular weight is 685 g/mol. The summed E-state index contributed by atoms with van der Waals surface area (Å²) in [6, 6.07) is 24.7. The van der Waals surface area contributed by atoms with E-state index in [4.69, 9.17) is 9.47 Å². The number of pyridine rings is 2. The van der Waals surface area contributed by atoms with E-state index in [1.807, 2.05) is 31.2 Å². The van der Waals surface area contributed by atoms with Crippen LogP contribution in [-0.2, 0) is 32.2 Å². The fraction of sp³-hybridized carbons (Fsp3) is 0.368. The molecule has 0 fully saturated rings. The van der Waals surface area contributed by atoms with E-state index >= 15 is 0 Å². The zero-order valence-electron chi connectivity index (χ0n) is 27.1.